The van der Waals surface area contributed by atoms with Gasteiger partial charge in [0.2, 0.25) is 0 Å². The van der Waals surface area contributed by atoms with Gasteiger partial charge in [-0.1, -0.05) is 0 Å². The van der Waals surface area contributed by atoms with Crippen molar-refractivity contribution in [3.05, 3.63) is 66.6 Å². The van der Waals surface area contributed by atoms with Gasteiger partial charge in [0.25, 0.3) is 10.0 Å². The van der Waals surface area contributed by atoms with Gasteiger partial charge >= 0.3 is 0 Å². The molecule has 9 heteroatoms. The first-order valence-electron chi connectivity index (χ1n) is 9.88. The van der Waals surface area contributed by atoms with Gasteiger partial charge in [-0.25, -0.2) is 17.2 Å². The maximum Gasteiger partial charge on any atom is 0.262 e. The maximum absolute atomic E-state index is 14.5. The summed E-state index contributed by atoms with van der Waals surface area (Å²) in [7, 11) is -4.20. The fourth-order valence-corrected chi connectivity index (χ4v) is 4.91. The summed E-state index contributed by atoms with van der Waals surface area (Å²) in [6.45, 7) is 5.53. The zero-order valence-corrected chi connectivity index (χ0v) is 17.9. The van der Waals surface area contributed by atoms with Gasteiger partial charge < -0.3 is 14.6 Å². The van der Waals surface area contributed by atoms with E-state index in [1.54, 1.807) is 12.1 Å². The first kappa shape index (κ1) is 21.3. The minimum Gasteiger partial charge on any atom is -0.472 e. The molecule has 0 amide bonds. The fourth-order valence-electron chi connectivity index (χ4n) is 3.84. The third kappa shape index (κ3) is 4.57. The summed E-state index contributed by atoms with van der Waals surface area (Å²) in [5, 5.41) is 3.42. The van der Waals surface area contributed by atoms with Crippen molar-refractivity contribution in [2.24, 2.45) is 0 Å². The normalized spacial score (nSPS) is 19.4. The molecule has 2 aromatic carbocycles. The minimum absolute atomic E-state index is 0.185. The van der Waals surface area contributed by atoms with E-state index in [-0.39, 0.29) is 28.2 Å². The molecule has 2 N–H and O–H groups in total. The van der Waals surface area contributed by atoms with Gasteiger partial charge in [-0.15, -0.1) is 0 Å². The van der Waals surface area contributed by atoms with E-state index < -0.39 is 21.7 Å². The predicted molar refractivity (Wildman–Crippen MR) is 116 cm³/mol. The molecule has 1 aromatic heterocycles. The average Bonchev–Trinajstić information content (AvgIpc) is 3.23. The Morgan fingerprint density at radius 1 is 1.03 bits per heavy atom. The van der Waals surface area contributed by atoms with Crippen LogP contribution in [0.5, 0.6) is 0 Å². The van der Waals surface area contributed by atoms with Gasteiger partial charge in [0, 0.05) is 42.0 Å². The standard InChI is InChI=1S/C22H23F2N3O3S/c1-14-11-27(12-15(2)25-14)17-3-6-20(23)22(9-17)26-31(28,29)18-4-5-19(21(24)10-18)16-7-8-30-13-16/h3-10,13-15,25-26H,11-12H2,1-2H3/t14-,15+. The molecule has 2 heterocycles. The molecule has 3 aromatic rings. The summed E-state index contributed by atoms with van der Waals surface area (Å²) in [6, 6.07) is 9.91. The number of piperazine rings is 1. The molecule has 0 unspecified atom stereocenters. The lowest BCUT2D eigenvalue weighted by molar-refractivity contribution is 0.407. The Balaban J connectivity index is 1.60. The molecule has 1 saturated heterocycles. The Hall–Kier alpha value is -2.91. The molecule has 31 heavy (non-hydrogen) atoms. The van der Waals surface area contributed by atoms with Crippen molar-refractivity contribution in [1.29, 1.82) is 0 Å². The van der Waals surface area contributed by atoms with Crippen LogP contribution >= 0.6 is 0 Å². The number of halogens is 2. The van der Waals surface area contributed by atoms with Gasteiger partial charge in [0.1, 0.15) is 11.6 Å². The summed E-state index contributed by atoms with van der Waals surface area (Å²) in [4.78, 5) is 1.77. The van der Waals surface area contributed by atoms with E-state index >= 15 is 0 Å². The summed E-state index contributed by atoms with van der Waals surface area (Å²) >= 11 is 0. The van der Waals surface area contributed by atoms with Crippen LogP contribution < -0.4 is 14.9 Å². The Morgan fingerprint density at radius 2 is 1.77 bits per heavy atom. The van der Waals surface area contributed by atoms with Crippen LogP contribution in [0.3, 0.4) is 0 Å². The maximum atomic E-state index is 14.5. The molecule has 6 nitrogen and oxygen atoms in total. The van der Waals surface area contributed by atoms with Crippen LogP contribution in [0.15, 0.2) is 64.3 Å². The molecule has 0 saturated carbocycles. The molecule has 4 rings (SSSR count). The smallest absolute Gasteiger partial charge is 0.262 e. The highest BCUT2D eigenvalue weighted by molar-refractivity contribution is 7.92. The molecule has 1 aliphatic heterocycles. The van der Waals surface area contributed by atoms with Crippen LogP contribution in [0.4, 0.5) is 20.2 Å². The Bertz CT molecular complexity index is 1170. The Kier molecular flexibility index (Phi) is 5.72. The molecule has 2 atom stereocenters. The lowest BCUT2D eigenvalue weighted by Gasteiger charge is -2.37. The average molecular weight is 448 g/mol. The molecule has 1 aliphatic rings. The van der Waals surface area contributed by atoms with E-state index in [2.05, 4.69) is 28.8 Å². The van der Waals surface area contributed by atoms with Crippen molar-refractivity contribution in [2.75, 3.05) is 22.7 Å². The van der Waals surface area contributed by atoms with E-state index in [1.807, 2.05) is 0 Å². The van der Waals surface area contributed by atoms with Gasteiger partial charge in [-0.05, 0) is 56.3 Å². The highest BCUT2D eigenvalue weighted by atomic mass is 32.2. The second-order valence-corrected chi connectivity index (χ2v) is 9.48. The molecular formula is C22H23F2N3O3S. The number of furan rings is 1. The van der Waals surface area contributed by atoms with Gasteiger partial charge in [-0.3, -0.25) is 4.72 Å². The van der Waals surface area contributed by atoms with Crippen LogP contribution in [-0.2, 0) is 10.0 Å². The molecule has 0 bridgehead atoms. The lowest BCUT2D eigenvalue weighted by Crippen LogP contribution is -2.54. The number of nitrogens with zero attached hydrogens (tertiary/aromatic N) is 1. The fraction of sp³-hybridized carbons (Fsp3) is 0.273. The van der Waals surface area contributed by atoms with Crippen molar-refractivity contribution in [3.8, 4) is 11.1 Å². The van der Waals surface area contributed by atoms with Crippen LogP contribution in [-0.4, -0.2) is 33.6 Å². The summed E-state index contributed by atoms with van der Waals surface area (Å²) in [5.41, 5.74) is 1.23. The number of sulfonamides is 1. The first-order valence-corrected chi connectivity index (χ1v) is 11.4. The zero-order chi connectivity index (χ0) is 22.2. The summed E-state index contributed by atoms with van der Waals surface area (Å²) in [5.74, 6) is -1.43. The van der Waals surface area contributed by atoms with Crippen molar-refractivity contribution in [3.63, 3.8) is 0 Å². The van der Waals surface area contributed by atoms with Gasteiger partial charge in [0.05, 0.1) is 23.1 Å². The van der Waals surface area contributed by atoms with Crippen molar-refractivity contribution >= 4 is 21.4 Å². The highest BCUT2D eigenvalue weighted by Gasteiger charge is 2.23. The number of anilines is 2. The van der Waals surface area contributed by atoms with E-state index in [9.17, 15) is 17.2 Å². The second-order valence-electron chi connectivity index (χ2n) is 7.80. The van der Waals surface area contributed by atoms with Crippen LogP contribution in [0, 0.1) is 11.6 Å². The Labute approximate surface area is 179 Å². The van der Waals surface area contributed by atoms with Gasteiger partial charge in [0.15, 0.2) is 0 Å². The molecule has 0 radical (unpaired) electrons. The molecular weight excluding hydrogens is 424 g/mol. The summed E-state index contributed by atoms with van der Waals surface area (Å²) in [6.07, 6.45) is 2.76. The van der Waals surface area contributed by atoms with Crippen LogP contribution in [0.2, 0.25) is 0 Å². The number of benzene rings is 2. The molecule has 0 aliphatic carbocycles. The number of nitrogens with one attached hydrogen (secondary N) is 2. The highest BCUT2D eigenvalue weighted by Crippen LogP contribution is 2.29. The lowest BCUT2D eigenvalue weighted by atomic mass is 10.1. The Morgan fingerprint density at radius 3 is 2.42 bits per heavy atom. The van der Waals surface area contributed by atoms with E-state index in [0.717, 1.165) is 6.07 Å². The largest absolute Gasteiger partial charge is 0.472 e. The zero-order valence-electron chi connectivity index (χ0n) is 17.1. The third-order valence-electron chi connectivity index (χ3n) is 5.20. The monoisotopic (exact) mass is 447 g/mol. The van der Waals surface area contributed by atoms with E-state index in [0.29, 0.717) is 24.3 Å². The minimum atomic E-state index is -4.20. The predicted octanol–water partition coefficient (Wildman–Crippen LogP) is 4.21. The van der Waals surface area contributed by atoms with Crippen molar-refractivity contribution < 1.29 is 21.6 Å². The van der Waals surface area contributed by atoms with Crippen molar-refractivity contribution in [2.45, 2.75) is 30.8 Å². The topological polar surface area (TPSA) is 74.6 Å². The van der Waals surface area contributed by atoms with Gasteiger partial charge in [-0.2, -0.15) is 0 Å². The van der Waals surface area contributed by atoms with Crippen molar-refractivity contribution in [1.82, 2.24) is 5.32 Å². The number of hydrogen-bond acceptors (Lipinski definition) is 5. The van der Waals surface area contributed by atoms with E-state index in [4.69, 9.17) is 4.42 Å². The SMILES string of the molecule is C[C@@H]1CN(c2ccc(F)c(NS(=O)(=O)c3ccc(-c4ccoc4)c(F)c3)c2)C[C@H](C)N1. The number of hydrogen-bond donors (Lipinski definition) is 2. The molecule has 164 valence electrons. The number of rotatable bonds is 5. The molecule has 0 spiro atoms. The molecule has 1 fully saturated rings. The second kappa shape index (κ2) is 8.32. The quantitative estimate of drug-likeness (QED) is 0.613. The summed E-state index contributed by atoms with van der Waals surface area (Å²) < 4.78 is 61.8. The first-order chi connectivity index (χ1) is 14.7. The van der Waals surface area contributed by atoms with E-state index in [1.165, 1.54) is 36.8 Å². The van der Waals surface area contributed by atoms with Crippen LogP contribution in [0.1, 0.15) is 13.8 Å². The van der Waals surface area contributed by atoms with Crippen LogP contribution in [0.25, 0.3) is 11.1 Å². The third-order valence-corrected chi connectivity index (χ3v) is 6.56.